The maximum absolute atomic E-state index is 10.1. The molecule has 0 saturated carbocycles. The maximum Gasteiger partial charge on any atom is 0.119 e. The quantitative estimate of drug-likeness (QED) is 0.331. The molecule has 1 unspecified atom stereocenters. The van der Waals surface area contributed by atoms with Crippen LogP contribution in [0.5, 0.6) is 0 Å². The van der Waals surface area contributed by atoms with E-state index in [-0.39, 0.29) is 0 Å². The first-order valence-electron chi connectivity index (χ1n) is 7.64. The summed E-state index contributed by atoms with van der Waals surface area (Å²) in [5, 5.41) is 0. The van der Waals surface area contributed by atoms with Crippen LogP contribution in [0.1, 0.15) is 85.0 Å². The van der Waals surface area contributed by atoms with Crippen LogP contribution in [0.25, 0.3) is 0 Å². The van der Waals surface area contributed by atoms with Crippen LogP contribution in [0.2, 0.25) is 0 Å². The van der Waals surface area contributed by atoms with Gasteiger partial charge in [-0.15, -0.1) is 0 Å². The third kappa shape index (κ3) is 11.9. The Morgan fingerprint density at radius 3 is 2.06 bits per heavy atom. The molecule has 0 aliphatic carbocycles. The molecule has 1 heteroatoms. The Kier molecular flexibility index (Phi) is 11.9. The molecule has 0 heterocycles. The summed E-state index contributed by atoms with van der Waals surface area (Å²) in [6.45, 7) is 7.05. The summed E-state index contributed by atoms with van der Waals surface area (Å²) in [5.74, 6) is 1.80. The zero-order valence-corrected chi connectivity index (χ0v) is 12.2. The van der Waals surface area contributed by atoms with E-state index in [9.17, 15) is 4.79 Å². The molecular formula is C16H32O. The van der Waals surface area contributed by atoms with Crippen LogP contribution in [-0.4, -0.2) is 6.29 Å². The largest absolute Gasteiger partial charge is 0.303 e. The first kappa shape index (κ1) is 16.7. The van der Waals surface area contributed by atoms with Gasteiger partial charge < -0.3 is 4.79 Å². The van der Waals surface area contributed by atoms with Crippen LogP contribution in [0, 0.1) is 11.8 Å². The Morgan fingerprint density at radius 1 is 0.882 bits per heavy atom. The van der Waals surface area contributed by atoms with Crippen molar-refractivity contribution in [3.05, 3.63) is 0 Å². The molecule has 0 bridgehead atoms. The Morgan fingerprint density at radius 2 is 1.47 bits per heavy atom. The fraction of sp³-hybridized carbons (Fsp3) is 0.938. The molecule has 0 rings (SSSR count). The van der Waals surface area contributed by atoms with Crippen molar-refractivity contribution in [3.8, 4) is 0 Å². The fourth-order valence-electron chi connectivity index (χ4n) is 2.40. The van der Waals surface area contributed by atoms with Gasteiger partial charge in [-0.1, -0.05) is 65.7 Å². The zero-order chi connectivity index (χ0) is 12.9. The van der Waals surface area contributed by atoms with Gasteiger partial charge in [0, 0.05) is 6.42 Å². The summed E-state index contributed by atoms with van der Waals surface area (Å²) >= 11 is 0. The van der Waals surface area contributed by atoms with Gasteiger partial charge in [0.1, 0.15) is 6.29 Å². The van der Waals surface area contributed by atoms with Crippen LogP contribution < -0.4 is 0 Å². The van der Waals surface area contributed by atoms with Gasteiger partial charge in [0.25, 0.3) is 0 Å². The normalized spacial score (nSPS) is 14.5. The zero-order valence-electron chi connectivity index (χ0n) is 12.2. The molecule has 0 aromatic rings. The summed E-state index contributed by atoms with van der Waals surface area (Å²) in [6.07, 6.45) is 13.7. The highest BCUT2D eigenvalue weighted by atomic mass is 16.1. The van der Waals surface area contributed by atoms with Gasteiger partial charge in [-0.2, -0.15) is 0 Å². The van der Waals surface area contributed by atoms with Crippen molar-refractivity contribution in [1.82, 2.24) is 0 Å². The van der Waals surface area contributed by atoms with Crippen molar-refractivity contribution in [1.29, 1.82) is 0 Å². The minimum atomic E-state index is 0.756. The van der Waals surface area contributed by atoms with Gasteiger partial charge in [-0.3, -0.25) is 0 Å². The molecule has 2 atom stereocenters. The van der Waals surface area contributed by atoms with Crippen molar-refractivity contribution in [2.45, 2.75) is 85.0 Å². The monoisotopic (exact) mass is 240 g/mol. The molecule has 0 aliphatic rings. The Balaban J connectivity index is 3.18. The van der Waals surface area contributed by atoms with Crippen LogP contribution in [0.15, 0.2) is 0 Å². The molecule has 1 nitrogen and oxygen atoms in total. The number of unbranched alkanes of at least 4 members (excludes halogenated alkanes) is 6. The van der Waals surface area contributed by atoms with E-state index in [0.29, 0.717) is 0 Å². The van der Waals surface area contributed by atoms with Gasteiger partial charge in [-0.25, -0.2) is 0 Å². The molecule has 0 aromatic carbocycles. The number of carbonyl (C=O) groups excluding carboxylic acids is 1. The van der Waals surface area contributed by atoms with Crippen molar-refractivity contribution in [3.63, 3.8) is 0 Å². The van der Waals surface area contributed by atoms with Gasteiger partial charge >= 0.3 is 0 Å². The van der Waals surface area contributed by atoms with Crippen molar-refractivity contribution in [2.75, 3.05) is 0 Å². The molecule has 0 spiro atoms. The molecule has 0 amide bonds. The molecule has 0 fully saturated rings. The highest BCUT2D eigenvalue weighted by Crippen LogP contribution is 2.20. The van der Waals surface area contributed by atoms with E-state index in [0.717, 1.165) is 31.0 Å². The van der Waals surface area contributed by atoms with Gasteiger partial charge in [-0.05, 0) is 24.7 Å². The molecule has 0 saturated heterocycles. The Bertz CT molecular complexity index is 165. The number of rotatable bonds is 12. The van der Waals surface area contributed by atoms with E-state index in [4.69, 9.17) is 0 Å². The molecular weight excluding hydrogens is 208 g/mol. The van der Waals surface area contributed by atoms with Crippen LogP contribution in [0.3, 0.4) is 0 Å². The maximum atomic E-state index is 10.1. The summed E-state index contributed by atoms with van der Waals surface area (Å²) in [4.78, 5) is 10.1. The predicted octanol–water partition coefficient (Wildman–Crippen LogP) is 5.38. The van der Waals surface area contributed by atoms with E-state index in [1.807, 2.05) is 0 Å². The van der Waals surface area contributed by atoms with Crippen molar-refractivity contribution >= 4 is 6.29 Å². The second kappa shape index (κ2) is 12.1. The predicted molar refractivity (Wildman–Crippen MR) is 76.2 cm³/mol. The van der Waals surface area contributed by atoms with E-state index >= 15 is 0 Å². The minimum absolute atomic E-state index is 0.756. The number of hydrogen-bond acceptors (Lipinski definition) is 1. The molecule has 0 N–H and O–H groups in total. The summed E-state index contributed by atoms with van der Waals surface area (Å²) in [6, 6.07) is 0. The van der Waals surface area contributed by atoms with Crippen molar-refractivity contribution < 1.29 is 4.79 Å². The second-order valence-electron chi connectivity index (χ2n) is 5.72. The average Bonchev–Trinajstić information content (AvgIpc) is 2.32. The fourth-order valence-corrected chi connectivity index (χ4v) is 2.40. The third-order valence-corrected chi connectivity index (χ3v) is 3.77. The topological polar surface area (TPSA) is 17.1 Å². The Hall–Kier alpha value is -0.330. The molecule has 102 valence electrons. The highest BCUT2D eigenvalue weighted by molar-refractivity contribution is 5.48. The van der Waals surface area contributed by atoms with Crippen molar-refractivity contribution in [2.24, 2.45) is 11.8 Å². The molecule has 0 aliphatic heterocycles. The average molecular weight is 240 g/mol. The lowest BCUT2D eigenvalue weighted by Crippen LogP contribution is -2.02. The first-order valence-corrected chi connectivity index (χ1v) is 7.64. The summed E-state index contributed by atoms with van der Waals surface area (Å²) < 4.78 is 0. The molecule has 17 heavy (non-hydrogen) atoms. The lowest BCUT2D eigenvalue weighted by atomic mass is 9.91. The second-order valence-corrected chi connectivity index (χ2v) is 5.72. The van der Waals surface area contributed by atoms with Crippen LogP contribution in [-0.2, 0) is 4.79 Å². The lowest BCUT2D eigenvalue weighted by molar-refractivity contribution is -0.107. The SMILES string of the molecule is CCC(C)C[C@H](C)CCCCCCCCC=O. The first-order chi connectivity index (χ1) is 8.20. The lowest BCUT2D eigenvalue weighted by Gasteiger charge is -2.15. The van der Waals surface area contributed by atoms with E-state index in [1.54, 1.807) is 0 Å². The molecule has 0 aromatic heterocycles. The minimum Gasteiger partial charge on any atom is -0.303 e. The van der Waals surface area contributed by atoms with Gasteiger partial charge in [0.2, 0.25) is 0 Å². The van der Waals surface area contributed by atoms with Crippen LogP contribution in [0.4, 0.5) is 0 Å². The standard InChI is InChI=1S/C16H32O/c1-4-15(2)14-16(3)12-10-8-6-5-7-9-11-13-17/h13,15-16H,4-12,14H2,1-3H3/t15?,16-/m1/s1. The molecule has 0 radical (unpaired) electrons. The van der Waals surface area contributed by atoms with Gasteiger partial charge in [0.05, 0.1) is 0 Å². The number of aldehydes is 1. The highest BCUT2D eigenvalue weighted by Gasteiger charge is 2.06. The van der Waals surface area contributed by atoms with Crippen LogP contribution >= 0.6 is 0 Å². The number of carbonyl (C=O) groups is 1. The van der Waals surface area contributed by atoms with E-state index in [1.165, 1.54) is 51.4 Å². The smallest absolute Gasteiger partial charge is 0.119 e. The Labute approximate surface area is 108 Å². The van der Waals surface area contributed by atoms with E-state index in [2.05, 4.69) is 20.8 Å². The third-order valence-electron chi connectivity index (χ3n) is 3.77. The summed E-state index contributed by atoms with van der Waals surface area (Å²) in [5.41, 5.74) is 0. The summed E-state index contributed by atoms with van der Waals surface area (Å²) in [7, 11) is 0. The number of hydrogen-bond donors (Lipinski definition) is 0. The van der Waals surface area contributed by atoms with Gasteiger partial charge in [0.15, 0.2) is 0 Å². The van der Waals surface area contributed by atoms with E-state index < -0.39 is 0 Å².